The Balaban J connectivity index is 1.59. The molecule has 3 amide bonds. The van der Waals surface area contributed by atoms with Crippen LogP contribution in [0.2, 0.25) is 0 Å². The molecule has 1 aromatic rings. The number of carbonyl (C=O) groups excluding carboxylic acids is 3. The second-order valence-electron chi connectivity index (χ2n) is 7.45. The number of rotatable bonds is 5. The first-order valence-corrected chi connectivity index (χ1v) is 9.19. The lowest BCUT2D eigenvalue weighted by Crippen LogP contribution is -2.61. The van der Waals surface area contributed by atoms with E-state index in [0.29, 0.717) is 17.6 Å². The highest BCUT2D eigenvalue weighted by Crippen LogP contribution is 2.46. The van der Waals surface area contributed by atoms with Crippen LogP contribution in [0.15, 0.2) is 30.0 Å². The molecule has 2 fully saturated rings. The number of carboxylic acid groups (broad SMARTS) is 1. The van der Waals surface area contributed by atoms with Gasteiger partial charge in [0.15, 0.2) is 0 Å². The van der Waals surface area contributed by atoms with Gasteiger partial charge in [-0.05, 0) is 30.0 Å². The highest BCUT2D eigenvalue weighted by Gasteiger charge is 2.56. The molecule has 3 aliphatic heterocycles. The summed E-state index contributed by atoms with van der Waals surface area (Å²) in [5.41, 5.74) is 1.95. The molecule has 4 rings (SSSR count). The van der Waals surface area contributed by atoms with Crippen molar-refractivity contribution in [3.8, 4) is 0 Å². The van der Waals surface area contributed by atoms with Crippen LogP contribution in [0.4, 0.5) is 0 Å². The van der Waals surface area contributed by atoms with Gasteiger partial charge in [0.1, 0.15) is 5.70 Å². The molecular weight excluding hydrogens is 364 g/mol. The molecule has 0 aliphatic carbocycles. The van der Waals surface area contributed by atoms with Crippen molar-refractivity contribution < 1.29 is 29.4 Å². The minimum Gasteiger partial charge on any atom is -0.477 e. The van der Waals surface area contributed by atoms with Gasteiger partial charge in [0.05, 0.1) is 24.6 Å². The van der Waals surface area contributed by atoms with Crippen molar-refractivity contribution >= 4 is 29.3 Å². The second-order valence-corrected chi connectivity index (χ2v) is 7.45. The average molecular weight is 384 g/mol. The maximum atomic E-state index is 12.3. The zero-order chi connectivity index (χ0) is 20.2. The molecule has 0 unspecified atom stereocenters. The van der Waals surface area contributed by atoms with Gasteiger partial charge in [0.2, 0.25) is 17.7 Å². The van der Waals surface area contributed by atoms with Crippen molar-refractivity contribution in [2.45, 2.75) is 44.9 Å². The van der Waals surface area contributed by atoms with Crippen LogP contribution < -0.4 is 0 Å². The van der Waals surface area contributed by atoms with Gasteiger partial charge >= 0.3 is 5.97 Å². The average Bonchev–Trinajstić information content (AvgIpc) is 3.14. The normalized spacial score (nSPS) is 25.3. The first-order chi connectivity index (χ1) is 13.3. The summed E-state index contributed by atoms with van der Waals surface area (Å²) in [5.74, 6) is -2.50. The molecule has 0 radical (unpaired) electrons. The zero-order valence-corrected chi connectivity index (χ0v) is 15.3. The van der Waals surface area contributed by atoms with Gasteiger partial charge in [-0.15, -0.1) is 0 Å². The number of imide groups is 1. The Morgan fingerprint density at radius 3 is 2.29 bits per heavy atom. The first kappa shape index (κ1) is 18.4. The minimum absolute atomic E-state index is 0.0375. The molecule has 2 N–H and O–H groups in total. The second kappa shape index (κ2) is 6.56. The molecule has 28 heavy (non-hydrogen) atoms. The first-order valence-electron chi connectivity index (χ1n) is 9.19. The number of carbonyl (C=O) groups is 4. The Kier molecular flexibility index (Phi) is 4.30. The number of hydrogen-bond donors (Lipinski definition) is 2. The fraction of sp³-hybridized carbons (Fsp3) is 0.400. The van der Waals surface area contributed by atoms with E-state index in [9.17, 15) is 29.4 Å². The van der Waals surface area contributed by atoms with Gasteiger partial charge in [-0.25, -0.2) is 4.79 Å². The molecule has 0 bridgehead atoms. The molecule has 0 aromatic heterocycles. The molecule has 8 nitrogen and oxygen atoms in total. The van der Waals surface area contributed by atoms with Gasteiger partial charge in [0.25, 0.3) is 0 Å². The van der Waals surface area contributed by atoms with Crippen LogP contribution in [0, 0.1) is 5.92 Å². The summed E-state index contributed by atoms with van der Waals surface area (Å²) in [6.45, 7) is 1.73. The van der Waals surface area contributed by atoms with E-state index in [-0.39, 0.29) is 48.8 Å². The van der Waals surface area contributed by atoms with Crippen LogP contribution in [0.3, 0.4) is 0 Å². The third-order valence-corrected chi connectivity index (χ3v) is 5.73. The highest BCUT2D eigenvalue weighted by atomic mass is 16.4. The molecule has 0 spiro atoms. The number of fused-ring (bicyclic) bond motifs is 1. The Labute approximate surface area is 161 Å². The van der Waals surface area contributed by atoms with E-state index in [1.807, 2.05) is 0 Å². The minimum atomic E-state index is -1.17. The predicted octanol–water partition coefficient (Wildman–Crippen LogP) is 0.743. The fourth-order valence-corrected chi connectivity index (χ4v) is 4.32. The van der Waals surface area contributed by atoms with E-state index in [1.54, 1.807) is 24.3 Å². The Bertz CT molecular complexity index is 901. The van der Waals surface area contributed by atoms with E-state index in [2.05, 4.69) is 0 Å². The number of likely N-dealkylation sites (tertiary alicyclic amines) is 1. The van der Waals surface area contributed by atoms with Gasteiger partial charge in [0, 0.05) is 12.8 Å². The summed E-state index contributed by atoms with van der Waals surface area (Å²) in [5, 5.41) is 19.4. The van der Waals surface area contributed by atoms with Crippen molar-refractivity contribution in [2.75, 3.05) is 0 Å². The van der Waals surface area contributed by atoms with E-state index in [4.69, 9.17) is 0 Å². The summed E-state index contributed by atoms with van der Waals surface area (Å²) < 4.78 is 0. The van der Waals surface area contributed by atoms with Crippen molar-refractivity contribution in [3.63, 3.8) is 0 Å². The van der Waals surface area contributed by atoms with Gasteiger partial charge in [-0.3, -0.25) is 19.3 Å². The third kappa shape index (κ3) is 2.72. The highest BCUT2D eigenvalue weighted by molar-refractivity contribution is 6.06. The summed E-state index contributed by atoms with van der Waals surface area (Å²) in [4.78, 5) is 50.1. The van der Waals surface area contributed by atoms with Gasteiger partial charge in [-0.1, -0.05) is 24.3 Å². The summed E-state index contributed by atoms with van der Waals surface area (Å²) in [7, 11) is 0. The number of carboxylic acids is 1. The van der Waals surface area contributed by atoms with E-state index >= 15 is 0 Å². The quantitative estimate of drug-likeness (QED) is 0.572. The molecule has 2 saturated heterocycles. The van der Waals surface area contributed by atoms with Crippen LogP contribution in [0.25, 0.3) is 5.57 Å². The fourth-order valence-electron chi connectivity index (χ4n) is 4.32. The van der Waals surface area contributed by atoms with Crippen LogP contribution in [-0.2, 0) is 25.7 Å². The SMILES string of the molecule is C[C@@H](O)[C@H]1C(=O)N2C(C(=O)O)=C(c3ccc(CN4C(=O)CCC4=O)cc3)C[C@H]12. The lowest BCUT2D eigenvalue weighted by Gasteiger charge is -2.44. The standard InChI is InChI=1S/C20H20N2O6/c1-10(23)17-14-8-13(18(20(27)28)22(14)19(17)26)12-4-2-11(3-5-12)9-21-15(24)6-7-16(21)25/h2-5,10,14,17,23H,6-9H2,1H3,(H,27,28)/t10-,14-,17-/m1/s1. The smallest absolute Gasteiger partial charge is 0.352 e. The van der Waals surface area contributed by atoms with Crippen molar-refractivity contribution in [3.05, 3.63) is 41.1 Å². The van der Waals surface area contributed by atoms with Crippen LogP contribution in [0.1, 0.15) is 37.3 Å². The van der Waals surface area contributed by atoms with Crippen molar-refractivity contribution in [2.24, 2.45) is 5.92 Å². The Hall–Kier alpha value is -3.00. The number of benzene rings is 1. The van der Waals surface area contributed by atoms with Gasteiger partial charge < -0.3 is 15.1 Å². The molecule has 146 valence electrons. The Morgan fingerprint density at radius 1 is 1.14 bits per heavy atom. The monoisotopic (exact) mass is 384 g/mol. The number of hydrogen-bond acceptors (Lipinski definition) is 5. The van der Waals surface area contributed by atoms with E-state index in [1.165, 1.54) is 16.7 Å². The van der Waals surface area contributed by atoms with E-state index < -0.39 is 18.0 Å². The van der Waals surface area contributed by atoms with Crippen LogP contribution in [0.5, 0.6) is 0 Å². The maximum absolute atomic E-state index is 12.3. The molecule has 8 heteroatoms. The molecule has 3 aliphatic rings. The summed E-state index contributed by atoms with van der Waals surface area (Å²) in [6.07, 6.45) is 0.00924. The molecule has 3 heterocycles. The third-order valence-electron chi connectivity index (χ3n) is 5.73. The number of β-lactam (4-membered cyclic amide) rings is 1. The predicted molar refractivity (Wildman–Crippen MR) is 96.2 cm³/mol. The van der Waals surface area contributed by atoms with E-state index in [0.717, 1.165) is 5.56 Å². The summed E-state index contributed by atoms with van der Waals surface area (Å²) >= 11 is 0. The summed E-state index contributed by atoms with van der Waals surface area (Å²) in [6, 6.07) is 6.65. The van der Waals surface area contributed by atoms with Crippen molar-refractivity contribution in [1.29, 1.82) is 0 Å². The van der Waals surface area contributed by atoms with Gasteiger partial charge in [-0.2, -0.15) is 0 Å². The van der Waals surface area contributed by atoms with Crippen LogP contribution in [-0.4, -0.2) is 55.8 Å². The number of nitrogens with zero attached hydrogens (tertiary/aromatic N) is 2. The number of amides is 3. The topological polar surface area (TPSA) is 115 Å². The number of aliphatic hydroxyl groups is 1. The maximum Gasteiger partial charge on any atom is 0.352 e. The number of aliphatic carboxylic acids is 1. The molecule has 3 atom stereocenters. The molecule has 0 saturated carbocycles. The lowest BCUT2D eigenvalue weighted by atomic mass is 9.82. The zero-order valence-electron chi connectivity index (χ0n) is 15.3. The van der Waals surface area contributed by atoms with Crippen LogP contribution >= 0.6 is 0 Å². The lowest BCUT2D eigenvalue weighted by molar-refractivity contribution is -0.161. The Morgan fingerprint density at radius 2 is 1.75 bits per heavy atom. The number of aliphatic hydroxyl groups excluding tert-OH is 1. The van der Waals surface area contributed by atoms with Crippen molar-refractivity contribution in [1.82, 2.24) is 9.80 Å². The largest absolute Gasteiger partial charge is 0.477 e. The molecular formula is C20H20N2O6. The molecule has 1 aromatic carbocycles.